The van der Waals surface area contributed by atoms with Gasteiger partial charge in [0.15, 0.2) is 0 Å². The molecule has 1 N–H and O–H groups in total. The highest BCUT2D eigenvalue weighted by Gasteiger charge is 2.13. The SMILES string of the molecule is Cc1ccoc1C(O)CCc1cccs1. The van der Waals surface area contributed by atoms with Crippen molar-refractivity contribution in [3.05, 3.63) is 46.0 Å². The number of hydrogen-bond acceptors (Lipinski definition) is 3. The van der Waals surface area contributed by atoms with Gasteiger partial charge < -0.3 is 9.52 Å². The van der Waals surface area contributed by atoms with Crippen molar-refractivity contribution in [3.63, 3.8) is 0 Å². The number of aliphatic hydroxyl groups is 1. The smallest absolute Gasteiger partial charge is 0.135 e. The van der Waals surface area contributed by atoms with Gasteiger partial charge in [0.1, 0.15) is 11.9 Å². The Morgan fingerprint density at radius 2 is 2.33 bits per heavy atom. The van der Waals surface area contributed by atoms with E-state index in [1.54, 1.807) is 17.6 Å². The number of aliphatic hydroxyl groups excluding tert-OH is 1. The van der Waals surface area contributed by atoms with E-state index >= 15 is 0 Å². The van der Waals surface area contributed by atoms with Crippen molar-refractivity contribution in [2.24, 2.45) is 0 Å². The topological polar surface area (TPSA) is 33.4 Å². The third-order valence-electron chi connectivity index (χ3n) is 2.45. The highest BCUT2D eigenvalue weighted by atomic mass is 32.1. The second-order valence-corrected chi connectivity index (χ2v) is 4.63. The Morgan fingerprint density at radius 1 is 1.47 bits per heavy atom. The Bertz CT molecular complexity index is 403. The summed E-state index contributed by atoms with van der Waals surface area (Å²) in [6, 6.07) is 6.00. The van der Waals surface area contributed by atoms with E-state index in [9.17, 15) is 5.11 Å². The molecule has 1 unspecified atom stereocenters. The molecule has 0 radical (unpaired) electrons. The molecule has 0 saturated heterocycles. The largest absolute Gasteiger partial charge is 0.466 e. The molecule has 0 aliphatic carbocycles. The summed E-state index contributed by atoms with van der Waals surface area (Å²) in [5.41, 5.74) is 1.02. The molecule has 2 heterocycles. The zero-order valence-corrected chi connectivity index (χ0v) is 9.46. The highest BCUT2D eigenvalue weighted by molar-refractivity contribution is 7.09. The Hall–Kier alpha value is -1.06. The van der Waals surface area contributed by atoms with Gasteiger partial charge in [-0.1, -0.05) is 6.07 Å². The summed E-state index contributed by atoms with van der Waals surface area (Å²) < 4.78 is 5.25. The zero-order chi connectivity index (χ0) is 10.7. The predicted octanol–water partition coefficient (Wildman–Crippen LogP) is 3.32. The first kappa shape index (κ1) is 10.5. The summed E-state index contributed by atoms with van der Waals surface area (Å²) in [5.74, 6) is 0.701. The van der Waals surface area contributed by atoms with Gasteiger partial charge in [-0.25, -0.2) is 0 Å². The molecule has 2 rings (SSSR count). The minimum Gasteiger partial charge on any atom is -0.466 e. The Morgan fingerprint density at radius 3 is 2.93 bits per heavy atom. The van der Waals surface area contributed by atoms with Gasteiger partial charge in [0, 0.05) is 4.88 Å². The van der Waals surface area contributed by atoms with E-state index in [-0.39, 0.29) is 0 Å². The quantitative estimate of drug-likeness (QED) is 0.861. The van der Waals surface area contributed by atoms with Gasteiger partial charge in [-0.15, -0.1) is 11.3 Å². The van der Waals surface area contributed by atoms with Crippen molar-refractivity contribution in [2.45, 2.75) is 25.9 Å². The number of hydrogen-bond donors (Lipinski definition) is 1. The van der Waals surface area contributed by atoms with Gasteiger partial charge >= 0.3 is 0 Å². The van der Waals surface area contributed by atoms with Crippen LogP contribution < -0.4 is 0 Å². The Balaban J connectivity index is 1.93. The predicted molar refractivity (Wildman–Crippen MR) is 61.0 cm³/mol. The molecule has 0 fully saturated rings. The van der Waals surface area contributed by atoms with Gasteiger partial charge in [-0.2, -0.15) is 0 Å². The van der Waals surface area contributed by atoms with Crippen LogP contribution in [-0.4, -0.2) is 5.11 Å². The molecule has 0 aliphatic rings. The van der Waals surface area contributed by atoms with Gasteiger partial charge in [-0.05, 0) is 42.8 Å². The molecule has 0 saturated carbocycles. The molecule has 0 spiro atoms. The standard InChI is InChI=1S/C12H14O2S/c1-9-6-7-14-12(9)11(13)5-4-10-3-2-8-15-10/h2-3,6-8,11,13H,4-5H2,1H3. The van der Waals surface area contributed by atoms with E-state index in [0.29, 0.717) is 5.76 Å². The van der Waals surface area contributed by atoms with Gasteiger partial charge in [0.2, 0.25) is 0 Å². The lowest BCUT2D eigenvalue weighted by Gasteiger charge is -2.07. The first-order valence-electron chi connectivity index (χ1n) is 5.02. The molecule has 0 bridgehead atoms. The molecule has 15 heavy (non-hydrogen) atoms. The molecular weight excluding hydrogens is 208 g/mol. The second-order valence-electron chi connectivity index (χ2n) is 3.60. The van der Waals surface area contributed by atoms with Crippen LogP contribution in [0.2, 0.25) is 0 Å². The van der Waals surface area contributed by atoms with Crippen molar-refractivity contribution in [2.75, 3.05) is 0 Å². The third-order valence-corrected chi connectivity index (χ3v) is 3.38. The minimum atomic E-state index is -0.484. The van der Waals surface area contributed by atoms with Crippen molar-refractivity contribution in [1.29, 1.82) is 0 Å². The monoisotopic (exact) mass is 222 g/mol. The van der Waals surface area contributed by atoms with E-state index < -0.39 is 6.10 Å². The van der Waals surface area contributed by atoms with E-state index in [0.717, 1.165) is 18.4 Å². The summed E-state index contributed by atoms with van der Waals surface area (Å²) in [6.45, 7) is 1.95. The second kappa shape index (κ2) is 4.64. The van der Waals surface area contributed by atoms with Crippen LogP contribution in [0.25, 0.3) is 0 Å². The van der Waals surface area contributed by atoms with E-state index in [2.05, 4.69) is 11.4 Å². The lowest BCUT2D eigenvalue weighted by Crippen LogP contribution is -1.98. The van der Waals surface area contributed by atoms with E-state index in [1.165, 1.54) is 4.88 Å². The van der Waals surface area contributed by atoms with Crippen LogP contribution in [0.1, 0.15) is 28.7 Å². The maximum absolute atomic E-state index is 9.90. The fourth-order valence-electron chi connectivity index (χ4n) is 1.59. The Kier molecular flexibility index (Phi) is 3.23. The zero-order valence-electron chi connectivity index (χ0n) is 8.64. The van der Waals surface area contributed by atoms with Gasteiger partial charge in [0.25, 0.3) is 0 Å². The fraction of sp³-hybridized carbons (Fsp3) is 0.333. The number of aryl methyl sites for hydroxylation is 2. The number of furan rings is 1. The van der Waals surface area contributed by atoms with Crippen LogP contribution in [0.4, 0.5) is 0 Å². The van der Waals surface area contributed by atoms with Crippen LogP contribution in [0.3, 0.4) is 0 Å². The molecule has 0 amide bonds. The van der Waals surface area contributed by atoms with E-state index in [4.69, 9.17) is 4.42 Å². The lowest BCUT2D eigenvalue weighted by molar-refractivity contribution is 0.140. The summed E-state index contributed by atoms with van der Waals surface area (Å²) in [5, 5.41) is 12.0. The molecule has 0 aliphatic heterocycles. The maximum atomic E-state index is 9.90. The van der Waals surface area contributed by atoms with Crippen LogP contribution >= 0.6 is 11.3 Å². The summed E-state index contributed by atoms with van der Waals surface area (Å²) in [4.78, 5) is 1.30. The summed E-state index contributed by atoms with van der Waals surface area (Å²) >= 11 is 1.72. The average Bonchev–Trinajstić information content (AvgIpc) is 2.84. The summed E-state index contributed by atoms with van der Waals surface area (Å²) in [7, 11) is 0. The molecule has 3 heteroatoms. The van der Waals surface area contributed by atoms with Gasteiger partial charge in [0.05, 0.1) is 6.26 Å². The van der Waals surface area contributed by atoms with Crippen LogP contribution in [0, 0.1) is 6.92 Å². The molecular formula is C12H14O2S. The number of thiophene rings is 1. The average molecular weight is 222 g/mol. The minimum absolute atomic E-state index is 0.484. The van der Waals surface area contributed by atoms with E-state index in [1.807, 2.05) is 19.1 Å². The van der Waals surface area contributed by atoms with Crippen LogP contribution in [0.15, 0.2) is 34.3 Å². The van der Waals surface area contributed by atoms with Crippen molar-refractivity contribution in [3.8, 4) is 0 Å². The van der Waals surface area contributed by atoms with Crippen molar-refractivity contribution in [1.82, 2.24) is 0 Å². The molecule has 2 aromatic rings. The first-order chi connectivity index (χ1) is 7.27. The fourth-order valence-corrected chi connectivity index (χ4v) is 2.32. The van der Waals surface area contributed by atoms with Crippen molar-refractivity contribution < 1.29 is 9.52 Å². The highest BCUT2D eigenvalue weighted by Crippen LogP contribution is 2.24. The van der Waals surface area contributed by atoms with Crippen LogP contribution in [-0.2, 0) is 6.42 Å². The number of rotatable bonds is 4. The first-order valence-corrected chi connectivity index (χ1v) is 5.90. The van der Waals surface area contributed by atoms with Gasteiger partial charge in [-0.3, -0.25) is 0 Å². The molecule has 0 aromatic carbocycles. The Labute approximate surface area is 93.2 Å². The maximum Gasteiger partial charge on any atom is 0.135 e. The van der Waals surface area contributed by atoms with Crippen molar-refractivity contribution >= 4 is 11.3 Å². The van der Waals surface area contributed by atoms with Crippen LogP contribution in [0.5, 0.6) is 0 Å². The summed E-state index contributed by atoms with van der Waals surface area (Å²) in [6.07, 6.45) is 2.76. The molecule has 80 valence electrons. The third kappa shape index (κ3) is 2.49. The molecule has 1 atom stereocenters. The lowest BCUT2D eigenvalue weighted by atomic mass is 10.1. The molecule has 2 aromatic heterocycles. The molecule has 2 nitrogen and oxygen atoms in total. The normalized spacial score (nSPS) is 12.9.